The van der Waals surface area contributed by atoms with Crippen LogP contribution in [0.3, 0.4) is 0 Å². The van der Waals surface area contributed by atoms with Gasteiger partial charge in [-0.3, -0.25) is 4.79 Å². The Kier molecular flexibility index (Phi) is 4.35. The summed E-state index contributed by atoms with van der Waals surface area (Å²) < 4.78 is 18.5. The van der Waals surface area contributed by atoms with Gasteiger partial charge in [-0.15, -0.1) is 0 Å². The van der Waals surface area contributed by atoms with E-state index in [9.17, 15) is 9.18 Å². The quantitative estimate of drug-likeness (QED) is 0.925. The number of carbonyl (C=O) groups is 1. The van der Waals surface area contributed by atoms with E-state index in [4.69, 9.17) is 4.74 Å². The van der Waals surface area contributed by atoms with E-state index in [2.05, 4.69) is 5.32 Å². The average Bonchev–Trinajstić information content (AvgIpc) is 2.41. The first-order valence-electron chi connectivity index (χ1n) is 6.35. The van der Waals surface area contributed by atoms with Crippen molar-refractivity contribution in [1.29, 1.82) is 0 Å². The third-order valence-electron chi connectivity index (χ3n) is 2.88. The van der Waals surface area contributed by atoms with E-state index in [1.165, 1.54) is 18.2 Å². The molecule has 0 saturated heterocycles. The fraction of sp³-hybridized carbons (Fsp3) is 0.188. The summed E-state index contributed by atoms with van der Waals surface area (Å²) in [7, 11) is 0. The molecule has 1 unspecified atom stereocenters. The van der Waals surface area contributed by atoms with Crippen LogP contribution < -0.4 is 10.1 Å². The zero-order valence-electron chi connectivity index (χ0n) is 11.4. The Morgan fingerprint density at radius 3 is 2.65 bits per heavy atom. The number of halogens is 1. The second-order valence-electron chi connectivity index (χ2n) is 4.52. The number of rotatable bonds is 4. The summed E-state index contributed by atoms with van der Waals surface area (Å²) in [4.78, 5) is 12.0. The van der Waals surface area contributed by atoms with Gasteiger partial charge in [0.05, 0.1) is 0 Å². The summed E-state index contributed by atoms with van der Waals surface area (Å²) in [5.41, 5.74) is 1.71. The van der Waals surface area contributed by atoms with Crippen molar-refractivity contribution in [3.8, 4) is 5.75 Å². The van der Waals surface area contributed by atoms with Crippen LogP contribution in [0.2, 0.25) is 0 Å². The molecule has 0 spiro atoms. The lowest BCUT2D eigenvalue weighted by Gasteiger charge is -2.15. The van der Waals surface area contributed by atoms with Crippen LogP contribution in [0.15, 0.2) is 48.5 Å². The number of anilines is 1. The Hall–Kier alpha value is -2.36. The highest BCUT2D eigenvalue weighted by atomic mass is 19.1. The van der Waals surface area contributed by atoms with E-state index in [-0.39, 0.29) is 5.91 Å². The Morgan fingerprint density at radius 2 is 1.95 bits per heavy atom. The number of benzene rings is 2. The van der Waals surface area contributed by atoms with Crippen molar-refractivity contribution in [3.63, 3.8) is 0 Å². The lowest BCUT2D eigenvalue weighted by Crippen LogP contribution is -2.30. The molecule has 0 aliphatic rings. The van der Waals surface area contributed by atoms with E-state index in [1.54, 1.807) is 13.0 Å². The van der Waals surface area contributed by atoms with Crippen molar-refractivity contribution in [2.24, 2.45) is 0 Å². The van der Waals surface area contributed by atoms with Crippen LogP contribution in [0.5, 0.6) is 5.75 Å². The van der Waals surface area contributed by atoms with Crippen LogP contribution in [0.1, 0.15) is 12.5 Å². The molecular weight excluding hydrogens is 257 g/mol. The number of hydrogen-bond acceptors (Lipinski definition) is 2. The second-order valence-corrected chi connectivity index (χ2v) is 4.52. The van der Waals surface area contributed by atoms with Crippen LogP contribution in [-0.2, 0) is 4.79 Å². The molecule has 0 aliphatic heterocycles. The summed E-state index contributed by atoms with van der Waals surface area (Å²) in [6.45, 7) is 3.53. The normalized spacial score (nSPS) is 11.8. The summed E-state index contributed by atoms with van der Waals surface area (Å²) in [5.74, 6) is -0.338. The molecule has 3 nitrogen and oxygen atoms in total. The average molecular weight is 273 g/mol. The van der Waals surface area contributed by atoms with E-state index in [0.29, 0.717) is 5.75 Å². The molecule has 0 bridgehead atoms. The van der Waals surface area contributed by atoms with E-state index >= 15 is 0 Å². The van der Waals surface area contributed by atoms with Gasteiger partial charge in [0.2, 0.25) is 0 Å². The van der Waals surface area contributed by atoms with E-state index < -0.39 is 11.9 Å². The number of amides is 1. The van der Waals surface area contributed by atoms with Crippen molar-refractivity contribution >= 4 is 11.6 Å². The van der Waals surface area contributed by atoms with Crippen molar-refractivity contribution < 1.29 is 13.9 Å². The van der Waals surface area contributed by atoms with Gasteiger partial charge in [-0.05, 0) is 37.6 Å². The smallest absolute Gasteiger partial charge is 0.265 e. The second kappa shape index (κ2) is 6.19. The molecule has 1 N–H and O–H groups in total. The maximum absolute atomic E-state index is 13.0. The maximum Gasteiger partial charge on any atom is 0.265 e. The zero-order valence-corrected chi connectivity index (χ0v) is 11.4. The number of carbonyl (C=O) groups excluding carboxylic acids is 1. The lowest BCUT2D eigenvalue weighted by molar-refractivity contribution is -0.122. The van der Waals surface area contributed by atoms with E-state index in [1.807, 2.05) is 31.2 Å². The molecule has 20 heavy (non-hydrogen) atoms. The predicted octanol–water partition coefficient (Wildman–Crippen LogP) is 3.54. The topological polar surface area (TPSA) is 38.3 Å². The first kappa shape index (κ1) is 14.1. The predicted molar refractivity (Wildman–Crippen MR) is 76.3 cm³/mol. The van der Waals surface area contributed by atoms with Gasteiger partial charge in [0.25, 0.3) is 5.91 Å². The SMILES string of the molecule is Cc1ccccc1NC(=O)C(C)Oc1cccc(F)c1. The highest BCUT2D eigenvalue weighted by molar-refractivity contribution is 5.94. The summed E-state index contributed by atoms with van der Waals surface area (Å²) >= 11 is 0. The van der Waals surface area contributed by atoms with Crippen LogP contribution in [0.4, 0.5) is 10.1 Å². The minimum atomic E-state index is -0.712. The minimum absolute atomic E-state index is 0.274. The highest BCUT2D eigenvalue weighted by Crippen LogP contribution is 2.16. The lowest BCUT2D eigenvalue weighted by atomic mass is 10.2. The van der Waals surface area contributed by atoms with Gasteiger partial charge >= 0.3 is 0 Å². The van der Waals surface area contributed by atoms with Gasteiger partial charge in [-0.25, -0.2) is 4.39 Å². The van der Waals surface area contributed by atoms with Crippen molar-refractivity contribution in [2.45, 2.75) is 20.0 Å². The molecule has 1 amide bonds. The Balaban J connectivity index is 2.01. The van der Waals surface area contributed by atoms with Gasteiger partial charge < -0.3 is 10.1 Å². The largest absolute Gasteiger partial charge is 0.481 e. The minimum Gasteiger partial charge on any atom is -0.481 e. The molecular formula is C16H16FNO2. The molecule has 0 fully saturated rings. The van der Waals surface area contributed by atoms with Crippen LogP contribution >= 0.6 is 0 Å². The fourth-order valence-electron chi connectivity index (χ4n) is 1.75. The number of hydrogen-bond donors (Lipinski definition) is 1. The Labute approximate surface area is 117 Å². The highest BCUT2D eigenvalue weighted by Gasteiger charge is 2.15. The van der Waals surface area contributed by atoms with Crippen molar-refractivity contribution in [2.75, 3.05) is 5.32 Å². The molecule has 0 radical (unpaired) electrons. The first-order valence-corrected chi connectivity index (χ1v) is 6.35. The third kappa shape index (κ3) is 3.57. The fourth-order valence-corrected chi connectivity index (χ4v) is 1.75. The molecule has 104 valence electrons. The molecule has 0 aromatic heterocycles. The van der Waals surface area contributed by atoms with Crippen LogP contribution in [0, 0.1) is 12.7 Å². The monoisotopic (exact) mass is 273 g/mol. The molecule has 2 rings (SSSR count). The Morgan fingerprint density at radius 1 is 1.20 bits per heavy atom. The van der Waals surface area contributed by atoms with Crippen molar-refractivity contribution in [1.82, 2.24) is 0 Å². The van der Waals surface area contributed by atoms with Crippen LogP contribution in [-0.4, -0.2) is 12.0 Å². The number of nitrogens with one attached hydrogen (secondary N) is 1. The van der Waals surface area contributed by atoms with Gasteiger partial charge in [-0.2, -0.15) is 0 Å². The molecule has 0 aliphatic carbocycles. The standard InChI is InChI=1S/C16H16FNO2/c1-11-6-3-4-9-15(11)18-16(19)12(2)20-14-8-5-7-13(17)10-14/h3-10,12H,1-2H3,(H,18,19). The van der Waals surface area contributed by atoms with Gasteiger partial charge in [0, 0.05) is 11.8 Å². The van der Waals surface area contributed by atoms with Gasteiger partial charge in [0.1, 0.15) is 11.6 Å². The molecule has 0 heterocycles. The molecule has 0 saturated carbocycles. The first-order chi connectivity index (χ1) is 9.56. The zero-order chi connectivity index (χ0) is 14.5. The van der Waals surface area contributed by atoms with Gasteiger partial charge in [-0.1, -0.05) is 24.3 Å². The number of ether oxygens (including phenoxy) is 1. The van der Waals surface area contributed by atoms with Crippen molar-refractivity contribution in [3.05, 3.63) is 59.9 Å². The molecule has 4 heteroatoms. The number of aryl methyl sites for hydroxylation is 1. The summed E-state index contributed by atoms with van der Waals surface area (Å²) in [5, 5.41) is 2.79. The molecule has 2 aromatic carbocycles. The maximum atomic E-state index is 13.0. The molecule has 1 atom stereocenters. The summed E-state index contributed by atoms with van der Waals surface area (Å²) in [6, 6.07) is 13.2. The summed E-state index contributed by atoms with van der Waals surface area (Å²) in [6.07, 6.45) is -0.712. The van der Waals surface area contributed by atoms with Gasteiger partial charge in [0.15, 0.2) is 6.10 Å². The molecule has 2 aromatic rings. The number of para-hydroxylation sites is 1. The van der Waals surface area contributed by atoms with E-state index in [0.717, 1.165) is 11.3 Å². The van der Waals surface area contributed by atoms with Crippen LogP contribution in [0.25, 0.3) is 0 Å². The third-order valence-corrected chi connectivity index (χ3v) is 2.88. The Bertz CT molecular complexity index is 613.